The molecule has 1 unspecified atom stereocenters. The molecule has 0 fully saturated rings. The van der Waals surface area contributed by atoms with E-state index >= 15 is 0 Å². The Balaban J connectivity index is 1.96. The molecule has 4 rings (SSSR count). The van der Waals surface area contributed by atoms with E-state index in [1.165, 1.54) is 0 Å². The first-order valence-electron chi connectivity index (χ1n) is 12.7. The topological polar surface area (TPSA) is 55.8 Å². The molecule has 1 aliphatic rings. The number of rotatable bonds is 6. The number of fused-ring (bicyclic) bond motifs is 2. The van der Waals surface area contributed by atoms with Gasteiger partial charge >= 0.3 is 0 Å². The van der Waals surface area contributed by atoms with Crippen molar-refractivity contribution in [2.24, 2.45) is 0 Å². The summed E-state index contributed by atoms with van der Waals surface area (Å²) in [6.45, 7) is 17.5. The molecule has 1 atom stereocenters. The van der Waals surface area contributed by atoms with Crippen LogP contribution in [-0.4, -0.2) is 29.4 Å². The number of ether oxygens (including phenoxy) is 1. The molecule has 5 nitrogen and oxygen atoms in total. The molecule has 0 radical (unpaired) electrons. The monoisotopic (exact) mass is 525 g/mol. The lowest BCUT2D eigenvalue weighted by molar-refractivity contribution is 0.162. The normalized spacial score (nSPS) is 16.9. The van der Waals surface area contributed by atoms with E-state index in [4.69, 9.17) is 9.16 Å². The first-order valence-corrected chi connectivity index (χ1v) is 17.1. The molecule has 1 aliphatic heterocycles. The first-order chi connectivity index (χ1) is 16.7. The third-order valence-corrected chi connectivity index (χ3v) is 13.7. The van der Waals surface area contributed by atoms with Gasteiger partial charge in [0, 0.05) is 17.5 Å². The summed E-state index contributed by atoms with van der Waals surface area (Å²) < 4.78 is 42.8. The average molecular weight is 526 g/mol. The molecule has 1 heterocycles. The van der Waals surface area contributed by atoms with E-state index in [1.54, 1.807) is 16.4 Å². The van der Waals surface area contributed by atoms with Crippen molar-refractivity contribution in [1.82, 2.24) is 0 Å². The lowest BCUT2D eigenvalue weighted by atomic mass is 9.95. The van der Waals surface area contributed by atoms with Crippen LogP contribution >= 0.6 is 0 Å². The summed E-state index contributed by atoms with van der Waals surface area (Å²) in [5.74, 6) is 0.727. The van der Waals surface area contributed by atoms with Crippen molar-refractivity contribution < 1.29 is 17.6 Å². The van der Waals surface area contributed by atoms with Gasteiger partial charge in [0.1, 0.15) is 5.75 Å². The maximum atomic E-state index is 13.9. The summed E-state index contributed by atoms with van der Waals surface area (Å²) in [6.07, 6.45) is 0.249. The van der Waals surface area contributed by atoms with Crippen LogP contribution in [0.1, 0.15) is 58.3 Å². The molecule has 3 aromatic rings. The van der Waals surface area contributed by atoms with Crippen LogP contribution in [0.5, 0.6) is 5.75 Å². The summed E-state index contributed by atoms with van der Waals surface area (Å²) in [6, 6.07) is 17.1. The Labute approximate surface area is 217 Å². The minimum absolute atomic E-state index is 0.0220. The van der Waals surface area contributed by atoms with E-state index in [0.717, 1.165) is 27.6 Å². The molecule has 0 N–H and O–H groups in total. The Hall–Kier alpha value is -2.35. The van der Waals surface area contributed by atoms with Gasteiger partial charge in [-0.25, -0.2) is 8.42 Å². The molecule has 3 aromatic carbocycles. The number of nitrogens with zero attached hydrogens (tertiary/aromatic N) is 1. The second-order valence-corrected chi connectivity index (χ2v) is 18.2. The fourth-order valence-electron chi connectivity index (χ4n) is 4.43. The zero-order valence-corrected chi connectivity index (χ0v) is 24.6. The molecule has 194 valence electrons. The zero-order chi connectivity index (χ0) is 26.5. The number of hydrogen-bond acceptors (Lipinski definition) is 4. The van der Waals surface area contributed by atoms with Gasteiger partial charge in [0.2, 0.25) is 0 Å². The van der Waals surface area contributed by atoms with Crippen molar-refractivity contribution in [3.8, 4) is 5.75 Å². The molecule has 0 spiro atoms. The molecule has 7 heteroatoms. The van der Waals surface area contributed by atoms with Gasteiger partial charge in [-0.15, -0.1) is 0 Å². The molecule has 36 heavy (non-hydrogen) atoms. The van der Waals surface area contributed by atoms with Crippen molar-refractivity contribution in [3.05, 3.63) is 65.7 Å². The molecule has 0 saturated carbocycles. The van der Waals surface area contributed by atoms with Gasteiger partial charge in [-0.3, -0.25) is 4.31 Å². The number of sulfonamides is 1. The Morgan fingerprint density at radius 3 is 2.28 bits per heavy atom. The van der Waals surface area contributed by atoms with Crippen molar-refractivity contribution in [3.63, 3.8) is 0 Å². The Bertz CT molecular complexity index is 1360. The summed E-state index contributed by atoms with van der Waals surface area (Å²) in [5, 5.41) is 1.95. The number of anilines is 1. The molecule has 0 saturated heterocycles. The zero-order valence-electron chi connectivity index (χ0n) is 22.8. The van der Waals surface area contributed by atoms with E-state index in [2.05, 4.69) is 33.9 Å². The third kappa shape index (κ3) is 4.93. The van der Waals surface area contributed by atoms with Crippen LogP contribution in [0.4, 0.5) is 5.69 Å². The second kappa shape index (κ2) is 9.51. The number of aryl methyl sites for hydroxylation is 1. The Kier molecular flexibility index (Phi) is 7.05. The highest BCUT2D eigenvalue weighted by Crippen LogP contribution is 2.50. The van der Waals surface area contributed by atoms with Gasteiger partial charge in [0.05, 0.1) is 22.8 Å². The Morgan fingerprint density at radius 1 is 1.03 bits per heavy atom. The van der Waals surface area contributed by atoms with Gasteiger partial charge < -0.3 is 9.16 Å². The highest BCUT2D eigenvalue weighted by molar-refractivity contribution is 7.92. The summed E-state index contributed by atoms with van der Waals surface area (Å²) in [5.41, 5.74) is 2.52. The van der Waals surface area contributed by atoms with Crippen molar-refractivity contribution >= 4 is 34.8 Å². The highest BCUT2D eigenvalue weighted by atomic mass is 32.2. The van der Waals surface area contributed by atoms with E-state index in [-0.39, 0.29) is 17.2 Å². The third-order valence-electron chi connectivity index (χ3n) is 7.41. The second-order valence-electron chi connectivity index (χ2n) is 11.6. The SMILES string of the molecule is Cc1ccc(S(=O)(=O)N2CCC(O[Si](C)(C)C(C)(C)C)c3c2cc2ccccc2c3OC(C)C)cc1. The van der Waals surface area contributed by atoms with Crippen LogP contribution in [0.3, 0.4) is 0 Å². The maximum absolute atomic E-state index is 13.9. The minimum atomic E-state index is -3.77. The van der Waals surface area contributed by atoms with Crippen LogP contribution in [0.2, 0.25) is 18.1 Å². The number of benzene rings is 3. The van der Waals surface area contributed by atoms with Crippen LogP contribution in [-0.2, 0) is 14.4 Å². The van der Waals surface area contributed by atoms with E-state index in [9.17, 15) is 8.42 Å². The van der Waals surface area contributed by atoms with E-state index < -0.39 is 18.3 Å². The Morgan fingerprint density at radius 2 is 1.67 bits per heavy atom. The molecule has 0 amide bonds. The van der Waals surface area contributed by atoms with E-state index in [1.807, 2.05) is 63.2 Å². The molecule has 0 aliphatic carbocycles. The predicted molar refractivity (Wildman–Crippen MR) is 151 cm³/mol. The van der Waals surface area contributed by atoms with Gasteiger partial charge in [0.25, 0.3) is 10.0 Å². The lowest BCUT2D eigenvalue weighted by Crippen LogP contribution is -2.44. The van der Waals surface area contributed by atoms with Gasteiger partial charge in [-0.2, -0.15) is 0 Å². The lowest BCUT2D eigenvalue weighted by Gasteiger charge is -2.43. The quantitative estimate of drug-likeness (QED) is 0.311. The fraction of sp³-hybridized carbons (Fsp3) is 0.448. The fourth-order valence-corrected chi connectivity index (χ4v) is 7.22. The molecular formula is C29H39NO4SSi. The molecular weight excluding hydrogens is 486 g/mol. The van der Waals surface area contributed by atoms with Gasteiger partial charge in [0.15, 0.2) is 8.32 Å². The summed E-state index contributed by atoms with van der Waals surface area (Å²) >= 11 is 0. The van der Waals surface area contributed by atoms with Crippen LogP contribution in [0, 0.1) is 6.92 Å². The van der Waals surface area contributed by atoms with Crippen molar-refractivity contribution in [1.29, 1.82) is 0 Å². The van der Waals surface area contributed by atoms with Crippen molar-refractivity contribution in [2.75, 3.05) is 10.8 Å². The van der Waals surface area contributed by atoms with Gasteiger partial charge in [-0.05, 0) is 68.9 Å². The van der Waals surface area contributed by atoms with Crippen LogP contribution < -0.4 is 9.04 Å². The maximum Gasteiger partial charge on any atom is 0.264 e. The molecule has 0 aromatic heterocycles. The van der Waals surface area contributed by atoms with Crippen LogP contribution in [0.25, 0.3) is 10.8 Å². The van der Waals surface area contributed by atoms with Gasteiger partial charge in [-0.1, -0.05) is 62.7 Å². The van der Waals surface area contributed by atoms with Crippen molar-refractivity contribution in [2.45, 2.75) is 83.2 Å². The largest absolute Gasteiger partial charge is 0.490 e. The molecule has 0 bridgehead atoms. The number of hydrogen-bond donors (Lipinski definition) is 0. The minimum Gasteiger partial charge on any atom is -0.490 e. The van der Waals surface area contributed by atoms with Crippen LogP contribution in [0.15, 0.2) is 59.5 Å². The summed E-state index contributed by atoms with van der Waals surface area (Å²) in [7, 11) is -5.92. The average Bonchev–Trinajstić information content (AvgIpc) is 2.78. The van der Waals surface area contributed by atoms with E-state index in [0.29, 0.717) is 23.5 Å². The standard InChI is InChI=1S/C29H39NO4SSi/c1-20(2)33-28-24-12-10-9-11-22(24)19-25-27(28)26(34-36(7,8)29(4,5)6)17-18-30(25)35(31,32)23-15-13-21(3)14-16-23/h9-16,19-20,26H,17-18H2,1-8H3. The smallest absolute Gasteiger partial charge is 0.264 e. The summed E-state index contributed by atoms with van der Waals surface area (Å²) in [4.78, 5) is 0.294. The first kappa shape index (κ1) is 26.7. The predicted octanol–water partition coefficient (Wildman–Crippen LogP) is 7.60. The highest BCUT2D eigenvalue weighted by Gasteiger charge is 2.43.